The molecule has 2 aromatic rings. The quantitative estimate of drug-likeness (QED) is 0.830. The molecule has 0 aromatic heterocycles. The molecule has 1 N–H and O–H groups in total. The summed E-state index contributed by atoms with van der Waals surface area (Å²) in [5, 5.41) is 0. The smallest absolute Gasteiger partial charge is 0.240 e. The minimum absolute atomic E-state index is 0.0331. The van der Waals surface area contributed by atoms with Crippen molar-refractivity contribution >= 4 is 21.6 Å². The van der Waals surface area contributed by atoms with E-state index in [2.05, 4.69) is 4.72 Å². The third kappa shape index (κ3) is 3.57. The summed E-state index contributed by atoms with van der Waals surface area (Å²) in [7, 11) is -3.61. The molecular weight excluding hydrogens is 380 g/mol. The van der Waals surface area contributed by atoms with E-state index in [1.807, 2.05) is 19.9 Å². The third-order valence-electron chi connectivity index (χ3n) is 5.22. The van der Waals surface area contributed by atoms with Crippen molar-refractivity contribution < 1.29 is 22.7 Å². The van der Waals surface area contributed by atoms with Gasteiger partial charge in [-0.15, -0.1) is 0 Å². The highest BCUT2D eigenvalue weighted by Gasteiger charge is 2.32. The Balaban J connectivity index is 1.42. The van der Waals surface area contributed by atoms with E-state index in [1.165, 1.54) is 0 Å². The number of rotatable bonds is 5. The highest BCUT2D eigenvalue weighted by molar-refractivity contribution is 7.89. The standard InChI is InChI=1S/C20H22N2O5S/c1-13-3-5-17(7-14(13)2)28(24,25)21-10-15-8-20(23)22(11-15)16-4-6-18-19(9-16)27-12-26-18/h3-7,9,15,21H,8,10-12H2,1-2H3/t15-/m0/s1. The molecule has 0 spiro atoms. The summed E-state index contributed by atoms with van der Waals surface area (Å²) < 4.78 is 38.5. The van der Waals surface area contributed by atoms with Gasteiger partial charge in [-0.05, 0) is 55.2 Å². The Kier molecular flexibility index (Phi) is 4.76. The van der Waals surface area contributed by atoms with Crippen LogP contribution in [0.15, 0.2) is 41.3 Å². The Morgan fingerprint density at radius 3 is 2.64 bits per heavy atom. The molecule has 0 radical (unpaired) electrons. The lowest BCUT2D eigenvalue weighted by atomic mass is 10.1. The van der Waals surface area contributed by atoms with Gasteiger partial charge in [-0.3, -0.25) is 4.79 Å². The van der Waals surface area contributed by atoms with Crippen LogP contribution in [0.1, 0.15) is 17.5 Å². The largest absolute Gasteiger partial charge is 0.454 e. The maximum atomic E-state index is 12.6. The number of hydrogen-bond acceptors (Lipinski definition) is 5. The molecule has 1 atom stereocenters. The Morgan fingerprint density at radius 1 is 1.07 bits per heavy atom. The first-order chi connectivity index (χ1) is 13.3. The number of hydrogen-bond donors (Lipinski definition) is 1. The molecule has 8 heteroatoms. The summed E-state index contributed by atoms with van der Waals surface area (Å²) in [4.78, 5) is 14.3. The molecule has 1 amide bonds. The van der Waals surface area contributed by atoms with Gasteiger partial charge in [-0.1, -0.05) is 6.07 Å². The number of aryl methyl sites for hydroxylation is 2. The minimum Gasteiger partial charge on any atom is -0.454 e. The summed E-state index contributed by atoms with van der Waals surface area (Å²) in [5.74, 6) is 1.14. The molecular formula is C20H22N2O5S. The molecule has 2 aliphatic rings. The molecule has 0 aliphatic carbocycles. The number of ether oxygens (including phenoxy) is 2. The fourth-order valence-corrected chi connectivity index (χ4v) is 4.61. The van der Waals surface area contributed by atoms with Gasteiger partial charge in [0.15, 0.2) is 11.5 Å². The fourth-order valence-electron chi connectivity index (χ4n) is 3.41. The topological polar surface area (TPSA) is 84.9 Å². The zero-order valence-corrected chi connectivity index (χ0v) is 16.6. The van der Waals surface area contributed by atoms with Gasteiger partial charge in [-0.2, -0.15) is 0 Å². The molecule has 2 aromatic carbocycles. The highest BCUT2D eigenvalue weighted by Crippen LogP contribution is 2.37. The van der Waals surface area contributed by atoms with Gasteiger partial charge >= 0.3 is 0 Å². The van der Waals surface area contributed by atoms with Crippen LogP contribution in [0.4, 0.5) is 5.69 Å². The molecule has 2 aliphatic heterocycles. The summed E-state index contributed by atoms with van der Waals surface area (Å²) in [6.45, 7) is 4.66. The van der Waals surface area contributed by atoms with Crippen LogP contribution >= 0.6 is 0 Å². The lowest BCUT2D eigenvalue weighted by Crippen LogP contribution is -2.31. The average molecular weight is 402 g/mol. The van der Waals surface area contributed by atoms with E-state index in [9.17, 15) is 13.2 Å². The Bertz CT molecular complexity index is 1030. The lowest BCUT2D eigenvalue weighted by molar-refractivity contribution is -0.117. The van der Waals surface area contributed by atoms with Crippen LogP contribution < -0.4 is 19.1 Å². The van der Waals surface area contributed by atoms with Crippen molar-refractivity contribution in [3.63, 3.8) is 0 Å². The first kappa shape index (κ1) is 18.8. The molecule has 1 saturated heterocycles. The third-order valence-corrected chi connectivity index (χ3v) is 6.64. The summed E-state index contributed by atoms with van der Waals surface area (Å²) in [6.07, 6.45) is 0.296. The van der Waals surface area contributed by atoms with Gasteiger partial charge in [0.1, 0.15) is 0 Å². The van der Waals surface area contributed by atoms with Crippen LogP contribution in [0.2, 0.25) is 0 Å². The number of carbonyl (C=O) groups excluding carboxylic acids is 1. The maximum Gasteiger partial charge on any atom is 0.240 e. The lowest BCUT2D eigenvalue weighted by Gasteiger charge is -2.17. The molecule has 7 nitrogen and oxygen atoms in total. The summed E-state index contributed by atoms with van der Waals surface area (Å²) in [5.41, 5.74) is 2.70. The fraction of sp³-hybridized carbons (Fsp3) is 0.350. The van der Waals surface area contributed by atoms with E-state index in [1.54, 1.807) is 35.2 Å². The van der Waals surface area contributed by atoms with Crippen molar-refractivity contribution in [1.82, 2.24) is 4.72 Å². The van der Waals surface area contributed by atoms with E-state index in [-0.39, 0.29) is 30.1 Å². The number of anilines is 1. The molecule has 2 heterocycles. The van der Waals surface area contributed by atoms with Gasteiger partial charge < -0.3 is 14.4 Å². The number of benzene rings is 2. The molecule has 0 bridgehead atoms. The molecule has 1 fully saturated rings. The van der Waals surface area contributed by atoms with Crippen molar-refractivity contribution in [3.8, 4) is 11.5 Å². The number of nitrogens with one attached hydrogen (secondary N) is 1. The molecule has 0 unspecified atom stereocenters. The number of amides is 1. The van der Waals surface area contributed by atoms with Crippen molar-refractivity contribution in [3.05, 3.63) is 47.5 Å². The SMILES string of the molecule is Cc1ccc(S(=O)(=O)NC[C@@H]2CC(=O)N(c3ccc4c(c3)OCO4)C2)cc1C. The number of nitrogens with zero attached hydrogens (tertiary/aromatic N) is 1. The minimum atomic E-state index is -3.61. The van der Waals surface area contributed by atoms with Crippen molar-refractivity contribution in [2.75, 3.05) is 24.8 Å². The van der Waals surface area contributed by atoms with Crippen LogP contribution in [-0.4, -0.2) is 34.2 Å². The number of carbonyl (C=O) groups is 1. The van der Waals surface area contributed by atoms with Gasteiger partial charge in [0.2, 0.25) is 22.7 Å². The van der Waals surface area contributed by atoms with Gasteiger partial charge in [-0.25, -0.2) is 13.1 Å². The Labute approximate surface area is 164 Å². The second kappa shape index (κ2) is 7.10. The second-order valence-corrected chi connectivity index (χ2v) is 8.98. The van der Waals surface area contributed by atoms with Crippen molar-refractivity contribution in [2.45, 2.75) is 25.2 Å². The molecule has 148 valence electrons. The zero-order chi connectivity index (χ0) is 19.9. The second-order valence-electron chi connectivity index (χ2n) is 7.21. The zero-order valence-electron chi connectivity index (χ0n) is 15.8. The Hall–Kier alpha value is -2.58. The van der Waals surface area contributed by atoms with Crippen molar-refractivity contribution in [2.24, 2.45) is 5.92 Å². The van der Waals surface area contributed by atoms with Gasteiger partial charge in [0.25, 0.3) is 0 Å². The van der Waals surface area contributed by atoms with Crippen LogP contribution in [0.25, 0.3) is 0 Å². The van der Waals surface area contributed by atoms with E-state index in [0.717, 1.165) is 16.8 Å². The number of sulfonamides is 1. The average Bonchev–Trinajstić information content (AvgIpc) is 3.27. The van der Waals surface area contributed by atoms with E-state index in [0.29, 0.717) is 24.5 Å². The molecule has 0 saturated carbocycles. The van der Waals surface area contributed by atoms with Crippen LogP contribution in [0, 0.1) is 19.8 Å². The first-order valence-corrected chi connectivity index (χ1v) is 10.6. The number of fused-ring (bicyclic) bond motifs is 1. The maximum absolute atomic E-state index is 12.6. The van der Waals surface area contributed by atoms with Gasteiger partial charge in [0.05, 0.1) is 4.90 Å². The van der Waals surface area contributed by atoms with Crippen LogP contribution in [0.5, 0.6) is 11.5 Å². The van der Waals surface area contributed by atoms with E-state index in [4.69, 9.17) is 9.47 Å². The summed E-state index contributed by atoms with van der Waals surface area (Å²) in [6, 6.07) is 10.4. The predicted octanol–water partition coefficient (Wildman–Crippen LogP) is 2.36. The normalized spacial score (nSPS) is 18.7. The molecule has 4 rings (SSSR count). The van der Waals surface area contributed by atoms with E-state index >= 15 is 0 Å². The first-order valence-electron chi connectivity index (χ1n) is 9.10. The van der Waals surface area contributed by atoms with E-state index < -0.39 is 10.0 Å². The molecule has 28 heavy (non-hydrogen) atoms. The van der Waals surface area contributed by atoms with Crippen LogP contribution in [-0.2, 0) is 14.8 Å². The summed E-state index contributed by atoms with van der Waals surface area (Å²) >= 11 is 0. The van der Waals surface area contributed by atoms with Crippen LogP contribution in [0.3, 0.4) is 0 Å². The van der Waals surface area contributed by atoms with Crippen molar-refractivity contribution in [1.29, 1.82) is 0 Å². The predicted molar refractivity (Wildman–Crippen MR) is 104 cm³/mol. The Morgan fingerprint density at radius 2 is 1.86 bits per heavy atom. The van der Waals surface area contributed by atoms with Gasteiger partial charge in [0, 0.05) is 31.3 Å². The monoisotopic (exact) mass is 402 g/mol. The highest BCUT2D eigenvalue weighted by atomic mass is 32.2.